The summed E-state index contributed by atoms with van der Waals surface area (Å²) in [6.45, 7) is 3.81. The van der Waals surface area contributed by atoms with E-state index in [2.05, 4.69) is 10.6 Å². The van der Waals surface area contributed by atoms with E-state index in [9.17, 15) is 13.6 Å². The lowest BCUT2D eigenvalue weighted by Crippen LogP contribution is -2.37. The van der Waals surface area contributed by atoms with Crippen LogP contribution in [0.25, 0.3) is 0 Å². The van der Waals surface area contributed by atoms with Crippen LogP contribution in [0.2, 0.25) is 5.02 Å². The molecule has 0 radical (unpaired) electrons. The van der Waals surface area contributed by atoms with Crippen molar-refractivity contribution in [3.8, 4) is 0 Å². The van der Waals surface area contributed by atoms with Gasteiger partial charge in [-0.1, -0.05) is 11.6 Å². The number of halogens is 3. The quantitative estimate of drug-likeness (QED) is 0.876. The molecular weight excluding hydrogens is 250 g/mol. The largest absolute Gasteiger partial charge is 0.370 e. The Morgan fingerprint density at radius 2 is 2.12 bits per heavy atom. The van der Waals surface area contributed by atoms with Crippen molar-refractivity contribution in [3.05, 3.63) is 28.8 Å². The summed E-state index contributed by atoms with van der Waals surface area (Å²) in [6.07, 6.45) is 0. The third-order valence-electron chi connectivity index (χ3n) is 2.11. The third-order valence-corrected chi connectivity index (χ3v) is 2.41. The van der Waals surface area contributed by atoms with Crippen molar-refractivity contribution < 1.29 is 13.6 Å². The number of rotatable bonds is 4. The highest BCUT2D eigenvalue weighted by Crippen LogP contribution is 2.26. The predicted molar refractivity (Wildman–Crippen MR) is 63.1 cm³/mol. The third kappa shape index (κ3) is 3.56. The van der Waals surface area contributed by atoms with Gasteiger partial charge < -0.3 is 10.6 Å². The van der Waals surface area contributed by atoms with Crippen molar-refractivity contribution in [1.29, 1.82) is 0 Å². The van der Waals surface area contributed by atoms with Gasteiger partial charge >= 0.3 is 0 Å². The van der Waals surface area contributed by atoms with E-state index in [4.69, 9.17) is 11.6 Å². The molecule has 17 heavy (non-hydrogen) atoms. The standard InChI is InChI=1S/C11H13ClF2N2O/c1-3-15-11(17)6(2)16-10-8(12)4-7(13)5-9(10)14/h4-6,16H,3H2,1-2H3,(H,15,17). The van der Waals surface area contributed by atoms with Crippen LogP contribution < -0.4 is 10.6 Å². The van der Waals surface area contributed by atoms with Crippen LogP contribution in [-0.2, 0) is 4.79 Å². The Labute approximate surface area is 103 Å². The molecule has 0 bridgehead atoms. The van der Waals surface area contributed by atoms with Crippen LogP contribution in [0.5, 0.6) is 0 Å². The Morgan fingerprint density at radius 1 is 1.47 bits per heavy atom. The van der Waals surface area contributed by atoms with Gasteiger partial charge in [-0.25, -0.2) is 8.78 Å². The van der Waals surface area contributed by atoms with E-state index < -0.39 is 17.7 Å². The number of likely N-dealkylation sites (N-methyl/N-ethyl adjacent to an activating group) is 1. The number of hydrogen-bond acceptors (Lipinski definition) is 2. The van der Waals surface area contributed by atoms with Crippen molar-refractivity contribution in [2.45, 2.75) is 19.9 Å². The lowest BCUT2D eigenvalue weighted by Gasteiger charge is -2.16. The van der Waals surface area contributed by atoms with Crippen molar-refractivity contribution in [1.82, 2.24) is 5.32 Å². The van der Waals surface area contributed by atoms with Crippen LogP contribution in [0, 0.1) is 11.6 Å². The summed E-state index contributed by atoms with van der Waals surface area (Å²) >= 11 is 5.69. The minimum atomic E-state index is -0.828. The first-order valence-electron chi connectivity index (χ1n) is 5.14. The second-order valence-electron chi connectivity index (χ2n) is 3.51. The maximum Gasteiger partial charge on any atom is 0.242 e. The van der Waals surface area contributed by atoms with Gasteiger partial charge in [0.05, 0.1) is 10.7 Å². The SMILES string of the molecule is CCNC(=O)C(C)Nc1c(F)cc(F)cc1Cl. The summed E-state index contributed by atoms with van der Waals surface area (Å²) in [5.41, 5.74) is -0.0770. The smallest absolute Gasteiger partial charge is 0.242 e. The van der Waals surface area contributed by atoms with E-state index in [1.165, 1.54) is 0 Å². The lowest BCUT2D eigenvalue weighted by molar-refractivity contribution is -0.121. The molecule has 1 amide bonds. The summed E-state index contributed by atoms with van der Waals surface area (Å²) < 4.78 is 26.2. The van der Waals surface area contributed by atoms with E-state index >= 15 is 0 Å². The van der Waals surface area contributed by atoms with E-state index in [-0.39, 0.29) is 16.6 Å². The fourth-order valence-electron chi connectivity index (χ4n) is 1.29. The Hall–Kier alpha value is -1.36. The highest BCUT2D eigenvalue weighted by molar-refractivity contribution is 6.33. The molecule has 0 aromatic heterocycles. The predicted octanol–water partition coefficient (Wildman–Crippen LogP) is 2.55. The van der Waals surface area contributed by atoms with Crippen LogP contribution in [0.1, 0.15) is 13.8 Å². The normalized spacial score (nSPS) is 12.1. The molecule has 2 N–H and O–H groups in total. The number of nitrogens with one attached hydrogen (secondary N) is 2. The zero-order chi connectivity index (χ0) is 13.0. The van der Waals surface area contributed by atoms with Gasteiger partial charge in [-0.05, 0) is 19.9 Å². The molecule has 94 valence electrons. The first-order valence-corrected chi connectivity index (χ1v) is 5.52. The number of amides is 1. The van der Waals surface area contributed by atoms with Gasteiger partial charge in [0.15, 0.2) is 5.82 Å². The van der Waals surface area contributed by atoms with Crippen LogP contribution in [0.4, 0.5) is 14.5 Å². The lowest BCUT2D eigenvalue weighted by atomic mass is 10.2. The maximum atomic E-state index is 13.4. The van der Waals surface area contributed by atoms with Gasteiger partial charge in [0.2, 0.25) is 5.91 Å². The molecule has 0 heterocycles. The van der Waals surface area contributed by atoms with Gasteiger partial charge in [-0.15, -0.1) is 0 Å². The molecule has 0 spiro atoms. The molecular formula is C11H13ClF2N2O. The van der Waals surface area contributed by atoms with Gasteiger partial charge in [0.1, 0.15) is 11.9 Å². The molecule has 3 nitrogen and oxygen atoms in total. The molecule has 0 aliphatic heterocycles. The summed E-state index contributed by atoms with van der Waals surface area (Å²) in [4.78, 5) is 11.4. The number of carbonyl (C=O) groups excluding carboxylic acids is 1. The van der Waals surface area contributed by atoms with E-state index in [1.807, 2.05) is 0 Å². The maximum absolute atomic E-state index is 13.4. The minimum absolute atomic E-state index is 0.0770. The highest BCUT2D eigenvalue weighted by atomic mass is 35.5. The molecule has 0 saturated heterocycles. The molecule has 0 aliphatic carbocycles. The van der Waals surface area contributed by atoms with Crippen LogP contribution in [-0.4, -0.2) is 18.5 Å². The number of hydrogen-bond donors (Lipinski definition) is 2. The zero-order valence-electron chi connectivity index (χ0n) is 9.48. The Morgan fingerprint density at radius 3 is 2.65 bits per heavy atom. The molecule has 1 rings (SSSR count). The molecule has 0 aliphatic rings. The first kappa shape index (κ1) is 13.7. The summed E-state index contributed by atoms with van der Waals surface area (Å²) in [5.74, 6) is -1.87. The number of carbonyl (C=O) groups is 1. The second-order valence-corrected chi connectivity index (χ2v) is 3.91. The fraction of sp³-hybridized carbons (Fsp3) is 0.364. The average molecular weight is 263 g/mol. The number of anilines is 1. The highest BCUT2D eigenvalue weighted by Gasteiger charge is 2.16. The summed E-state index contributed by atoms with van der Waals surface area (Å²) in [5, 5.41) is 5.08. The molecule has 0 fully saturated rings. The van der Waals surface area contributed by atoms with Crippen molar-refractivity contribution in [3.63, 3.8) is 0 Å². The molecule has 1 atom stereocenters. The van der Waals surface area contributed by atoms with Crippen molar-refractivity contribution in [2.24, 2.45) is 0 Å². The van der Waals surface area contributed by atoms with Crippen LogP contribution in [0.15, 0.2) is 12.1 Å². The summed E-state index contributed by atoms with van der Waals surface area (Å²) in [7, 11) is 0. The molecule has 6 heteroatoms. The Kier molecular flexibility index (Phi) is 4.69. The van der Waals surface area contributed by atoms with Gasteiger partial charge in [-0.3, -0.25) is 4.79 Å². The molecule has 1 aromatic rings. The minimum Gasteiger partial charge on any atom is -0.370 e. The topological polar surface area (TPSA) is 41.1 Å². The van der Waals surface area contributed by atoms with Crippen molar-refractivity contribution >= 4 is 23.2 Å². The van der Waals surface area contributed by atoms with E-state index in [0.717, 1.165) is 6.07 Å². The van der Waals surface area contributed by atoms with Crippen LogP contribution in [0.3, 0.4) is 0 Å². The van der Waals surface area contributed by atoms with E-state index in [1.54, 1.807) is 13.8 Å². The summed E-state index contributed by atoms with van der Waals surface area (Å²) in [6, 6.07) is 1.03. The van der Waals surface area contributed by atoms with Gasteiger partial charge in [0, 0.05) is 12.6 Å². The Bertz CT molecular complexity index is 403. The Balaban J connectivity index is 2.85. The zero-order valence-corrected chi connectivity index (χ0v) is 10.2. The van der Waals surface area contributed by atoms with E-state index in [0.29, 0.717) is 12.6 Å². The molecule has 0 saturated carbocycles. The molecule has 1 aromatic carbocycles. The molecule has 1 unspecified atom stereocenters. The van der Waals surface area contributed by atoms with Crippen LogP contribution >= 0.6 is 11.6 Å². The first-order chi connectivity index (χ1) is 7.95. The number of benzene rings is 1. The monoisotopic (exact) mass is 262 g/mol. The van der Waals surface area contributed by atoms with Gasteiger partial charge in [0.25, 0.3) is 0 Å². The average Bonchev–Trinajstić information content (AvgIpc) is 2.23. The van der Waals surface area contributed by atoms with Crippen molar-refractivity contribution in [2.75, 3.05) is 11.9 Å². The second kappa shape index (κ2) is 5.82. The van der Waals surface area contributed by atoms with Gasteiger partial charge in [-0.2, -0.15) is 0 Å². The fourth-order valence-corrected chi connectivity index (χ4v) is 1.54.